The van der Waals surface area contributed by atoms with E-state index in [1.165, 1.54) is 0 Å². The van der Waals surface area contributed by atoms with Crippen molar-refractivity contribution in [3.63, 3.8) is 0 Å². The summed E-state index contributed by atoms with van der Waals surface area (Å²) in [6, 6.07) is 5.69. The van der Waals surface area contributed by atoms with Crippen LogP contribution < -0.4 is 0 Å². The van der Waals surface area contributed by atoms with Crippen molar-refractivity contribution >= 4 is 11.6 Å². The highest BCUT2D eigenvalue weighted by molar-refractivity contribution is 6.16. The van der Waals surface area contributed by atoms with E-state index in [4.69, 9.17) is 11.6 Å². The fourth-order valence-electron chi connectivity index (χ4n) is 0.477. The summed E-state index contributed by atoms with van der Waals surface area (Å²) < 4.78 is 0. The Bertz CT molecular complexity index is 152. The largest absolute Gasteiger partial charge is 0.260 e. The predicted molar refractivity (Wildman–Crippen MR) is 67.8 cm³/mol. The van der Waals surface area contributed by atoms with Crippen LogP contribution in [-0.2, 0) is 5.88 Å². The number of pyridine rings is 1. The number of rotatable bonds is 1. The molecule has 1 nitrogen and oxygen atoms in total. The maximum Gasteiger partial charge on any atom is 0.0647 e. The van der Waals surface area contributed by atoms with Crippen molar-refractivity contribution in [2.45, 2.75) is 47.4 Å². The monoisotopic (exact) mass is 217 g/mol. The van der Waals surface area contributed by atoms with Gasteiger partial charge in [0.05, 0.1) is 11.6 Å². The minimum atomic E-state index is 0.501. The third-order valence-corrected chi connectivity index (χ3v) is 1.14. The average molecular weight is 218 g/mol. The standard InChI is InChI=1S/C6H6ClN.3C2H6/c7-5-6-3-1-2-4-8-6;3*1-2/h1-4H,5H2;3*1-2H3. The molecule has 0 spiro atoms. The van der Waals surface area contributed by atoms with Crippen LogP contribution in [0.1, 0.15) is 47.2 Å². The molecule has 0 aromatic carbocycles. The predicted octanol–water partition coefficient (Wildman–Crippen LogP) is 4.90. The second-order valence-corrected chi connectivity index (χ2v) is 1.72. The average Bonchev–Trinajstić information content (AvgIpc) is 2.37. The first-order valence-corrected chi connectivity index (χ1v) is 5.93. The summed E-state index contributed by atoms with van der Waals surface area (Å²) in [5.41, 5.74) is 0.925. The van der Waals surface area contributed by atoms with Gasteiger partial charge in [-0.05, 0) is 12.1 Å². The molecule has 0 aliphatic carbocycles. The fraction of sp³-hybridized carbons (Fsp3) is 0.583. The van der Waals surface area contributed by atoms with E-state index in [1.807, 2.05) is 59.7 Å². The Morgan fingerprint density at radius 3 is 1.71 bits per heavy atom. The Kier molecular flexibility index (Phi) is 31.2. The summed E-state index contributed by atoms with van der Waals surface area (Å²) in [6.45, 7) is 12.0. The van der Waals surface area contributed by atoms with Crippen LogP contribution in [0.25, 0.3) is 0 Å². The fourth-order valence-corrected chi connectivity index (χ4v) is 0.635. The third-order valence-electron chi connectivity index (χ3n) is 0.863. The molecule has 1 aromatic heterocycles. The van der Waals surface area contributed by atoms with Crippen LogP contribution in [0.15, 0.2) is 24.4 Å². The molecule has 84 valence electrons. The molecule has 1 aromatic rings. The van der Waals surface area contributed by atoms with Gasteiger partial charge >= 0.3 is 0 Å². The van der Waals surface area contributed by atoms with Gasteiger partial charge in [0.15, 0.2) is 0 Å². The quantitative estimate of drug-likeness (QED) is 0.610. The highest BCUT2D eigenvalue weighted by Crippen LogP contribution is 1.95. The van der Waals surface area contributed by atoms with E-state index < -0.39 is 0 Å². The molecule has 14 heavy (non-hydrogen) atoms. The molecule has 0 atom stereocenters. The van der Waals surface area contributed by atoms with E-state index in [1.54, 1.807) is 6.20 Å². The summed E-state index contributed by atoms with van der Waals surface area (Å²) in [7, 11) is 0. The first-order chi connectivity index (χ1) is 6.93. The minimum absolute atomic E-state index is 0.501. The number of aromatic nitrogens is 1. The highest BCUT2D eigenvalue weighted by Gasteiger charge is 1.83. The Labute approximate surface area is 94.5 Å². The molecule has 1 heterocycles. The zero-order valence-corrected chi connectivity index (χ0v) is 11.1. The van der Waals surface area contributed by atoms with Gasteiger partial charge in [-0.2, -0.15) is 0 Å². The van der Waals surface area contributed by atoms with Crippen molar-refractivity contribution in [2.24, 2.45) is 0 Å². The second-order valence-electron chi connectivity index (χ2n) is 1.45. The van der Waals surface area contributed by atoms with Crippen molar-refractivity contribution in [1.29, 1.82) is 0 Å². The molecular formula is C12H24ClN. The molecule has 0 amide bonds. The van der Waals surface area contributed by atoms with Gasteiger partial charge in [-0.3, -0.25) is 4.98 Å². The van der Waals surface area contributed by atoms with Crippen LogP contribution in [0.2, 0.25) is 0 Å². The van der Waals surface area contributed by atoms with E-state index in [-0.39, 0.29) is 0 Å². The summed E-state index contributed by atoms with van der Waals surface area (Å²) >= 11 is 5.46. The van der Waals surface area contributed by atoms with Crippen LogP contribution in [-0.4, -0.2) is 4.98 Å². The van der Waals surface area contributed by atoms with Crippen LogP contribution in [0.5, 0.6) is 0 Å². The van der Waals surface area contributed by atoms with Gasteiger partial charge in [-0.1, -0.05) is 47.6 Å². The normalized spacial score (nSPS) is 6.50. The molecule has 0 saturated carbocycles. The Morgan fingerprint density at radius 2 is 1.50 bits per heavy atom. The zero-order chi connectivity index (χ0) is 11.8. The lowest BCUT2D eigenvalue weighted by atomic mass is 10.4. The molecule has 0 aliphatic heterocycles. The van der Waals surface area contributed by atoms with E-state index >= 15 is 0 Å². The van der Waals surface area contributed by atoms with Crippen LogP contribution >= 0.6 is 11.6 Å². The van der Waals surface area contributed by atoms with Crippen molar-refractivity contribution in [2.75, 3.05) is 0 Å². The molecule has 0 fully saturated rings. The maximum atomic E-state index is 5.46. The van der Waals surface area contributed by atoms with Gasteiger partial charge in [0, 0.05) is 6.20 Å². The SMILES string of the molecule is CC.CC.CC.ClCc1ccccn1. The molecule has 0 unspecified atom stereocenters. The van der Waals surface area contributed by atoms with Gasteiger partial charge < -0.3 is 0 Å². The number of hydrogen-bond acceptors (Lipinski definition) is 1. The van der Waals surface area contributed by atoms with E-state index in [2.05, 4.69) is 4.98 Å². The van der Waals surface area contributed by atoms with Gasteiger partial charge in [0.2, 0.25) is 0 Å². The molecule has 0 N–H and O–H groups in total. The van der Waals surface area contributed by atoms with Gasteiger partial charge in [-0.25, -0.2) is 0 Å². The lowest BCUT2D eigenvalue weighted by Gasteiger charge is -1.87. The first-order valence-electron chi connectivity index (χ1n) is 5.39. The highest BCUT2D eigenvalue weighted by atomic mass is 35.5. The Hall–Kier alpha value is -0.560. The molecule has 0 radical (unpaired) electrons. The van der Waals surface area contributed by atoms with Gasteiger partial charge in [0.25, 0.3) is 0 Å². The molecule has 0 saturated heterocycles. The summed E-state index contributed by atoms with van der Waals surface area (Å²) in [4.78, 5) is 3.97. The van der Waals surface area contributed by atoms with Crippen LogP contribution in [0.4, 0.5) is 0 Å². The number of hydrogen-bond donors (Lipinski definition) is 0. The van der Waals surface area contributed by atoms with Gasteiger partial charge in [0.1, 0.15) is 0 Å². The van der Waals surface area contributed by atoms with E-state index in [9.17, 15) is 0 Å². The number of halogens is 1. The first kappa shape index (κ1) is 19.1. The van der Waals surface area contributed by atoms with Crippen LogP contribution in [0, 0.1) is 0 Å². The van der Waals surface area contributed by atoms with Crippen molar-refractivity contribution < 1.29 is 0 Å². The molecular weight excluding hydrogens is 194 g/mol. The van der Waals surface area contributed by atoms with E-state index in [0.29, 0.717) is 5.88 Å². The second kappa shape index (κ2) is 22.9. The lowest BCUT2D eigenvalue weighted by Crippen LogP contribution is -1.79. The lowest BCUT2D eigenvalue weighted by molar-refractivity contribution is 1.17. The number of alkyl halides is 1. The zero-order valence-electron chi connectivity index (χ0n) is 10.3. The summed E-state index contributed by atoms with van der Waals surface area (Å²) in [6.07, 6.45) is 1.73. The van der Waals surface area contributed by atoms with Crippen molar-refractivity contribution in [3.05, 3.63) is 30.1 Å². The molecule has 0 bridgehead atoms. The topological polar surface area (TPSA) is 12.9 Å². The third kappa shape index (κ3) is 14.0. The van der Waals surface area contributed by atoms with Crippen molar-refractivity contribution in [3.8, 4) is 0 Å². The summed E-state index contributed by atoms with van der Waals surface area (Å²) in [5.74, 6) is 0.501. The maximum absolute atomic E-state index is 5.46. The van der Waals surface area contributed by atoms with Crippen molar-refractivity contribution in [1.82, 2.24) is 4.98 Å². The minimum Gasteiger partial charge on any atom is -0.260 e. The Morgan fingerprint density at radius 1 is 1.00 bits per heavy atom. The van der Waals surface area contributed by atoms with Gasteiger partial charge in [-0.15, -0.1) is 11.6 Å². The summed E-state index contributed by atoms with van der Waals surface area (Å²) in [5, 5.41) is 0. The molecule has 2 heteroatoms. The number of nitrogens with zero attached hydrogens (tertiary/aromatic N) is 1. The smallest absolute Gasteiger partial charge is 0.0647 e. The van der Waals surface area contributed by atoms with Crippen LogP contribution in [0.3, 0.4) is 0 Å². The molecule has 1 rings (SSSR count). The van der Waals surface area contributed by atoms with E-state index in [0.717, 1.165) is 5.69 Å². The molecule has 0 aliphatic rings. The Balaban J connectivity index is -0.000000174.